The highest BCUT2D eigenvalue weighted by Crippen LogP contribution is 2.36. The first kappa shape index (κ1) is 14.1. The van der Waals surface area contributed by atoms with Gasteiger partial charge in [-0.15, -0.1) is 0 Å². The number of carbonyl (C=O) groups excluding carboxylic acids is 1. The highest BCUT2D eigenvalue weighted by Gasteiger charge is 2.15. The van der Waals surface area contributed by atoms with E-state index in [1.165, 1.54) is 0 Å². The lowest BCUT2D eigenvalue weighted by Crippen LogP contribution is -2.27. The fraction of sp³-hybridized carbons (Fsp3) is 0.462. The summed E-state index contributed by atoms with van der Waals surface area (Å²) in [6, 6.07) is 3.86. The first-order valence-electron chi connectivity index (χ1n) is 6.26. The summed E-state index contributed by atoms with van der Waals surface area (Å²) in [5.74, 6) is 1.60. The number of halogens is 1. The zero-order valence-electron chi connectivity index (χ0n) is 10.8. The second-order valence-corrected chi connectivity index (χ2v) is 5.03. The molecule has 2 N–H and O–H groups in total. The average molecular weight is 329 g/mol. The Morgan fingerprint density at radius 2 is 2.11 bits per heavy atom. The van der Waals surface area contributed by atoms with E-state index >= 15 is 0 Å². The van der Waals surface area contributed by atoms with Crippen LogP contribution in [0.25, 0.3) is 0 Å². The monoisotopic (exact) mass is 328 g/mol. The molecule has 0 unspecified atom stereocenters. The molecule has 19 heavy (non-hydrogen) atoms. The molecule has 1 heterocycles. The van der Waals surface area contributed by atoms with Crippen LogP contribution in [0.15, 0.2) is 16.6 Å². The number of hydrogen-bond acceptors (Lipinski definition) is 4. The number of hydrogen-bond donors (Lipinski definition) is 2. The molecule has 2 rings (SSSR count). The molecule has 0 saturated heterocycles. The van der Waals surface area contributed by atoms with Gasteiger partial charge in [0.2, 0.25) is 12.7 Å². The van der Waals surface area contributed by atoms with Crippen molar-refractivity contribution in [2.24, 2.45) is 0 Å². The maximum absolute atomic E-state index is 11.3. The smallest absolute Gasteiger partial charge is 0.231 e. The number of fused-ring (bicyclic) bond motifs is 1. The van der Waals surface area contributed by atoms with Gasteiger partial charge in [-0.3, -0.25) is 4.79 Å². The molecule has 1 aromatic carbocycles. The Hall–Kier alpha value is -1.27. The predicted molar refractivity (Wildman–Crippen MR) is 75.3 cm³/mol. The van der Waals surface area contributed by atoms with Crippen LogP contribution in [0.3, 0.4) is 0 Å². The molecule has 6 heteroatoms. The van der Waals surface area contributed by atoms with Gasteiger partial charge in [0.1, 0.15) is 0 Å². The minimum Gasteiger partial charge on any atom is -0.454 e. The van der Waals surface area contributed by atoms with Gasteiger partial charge >= 0.3 is 0 Å². The number of nitrogens with one attached hydrogen (secondary N) is 2. The zero-order valence-corrected chi connectivity index (χ0v) is 12.4. The molecule has 5 nitrogen and oxygen atoms in total. The minimum atomic E-state index is 0.0692. The third-order valence-corrected chi connectivity index (χ3v) is 3.50. The van der Waals surface area contributed by atoms with Gasteiger partial charge in [-0.2, -0.15) is 0 Å². The van der Waals surface area contributed by atoms with E-state index in [-0.39, 0.29) is 12.7 Å². The van der Waals surface area contributed by atoms with Crippen molar-refractivity contribution in [3.8, 4) is 11.5 Å². The van der Waals surface area contributed by atoms with Gasteiger partial charge in [-0.1, -0.05) is 15.9 Å². The summed E-state index contributed by atoms with van der Waals surface area (Å²) in [6.45, 7) is 4.18. The molecule has 1 aliphatic rings. The van der Waals surface area contributed by atoms with Crippen LogP contribution in [0.5, 0.6) is 11.5 Å². The van der Waals surface area contributed by atoms with Crippen LogP contribution in [0.1, 0.15) is 18.9 Å². The van der Waals surface area contributed by atoms with Gasteiger partial charge in [0.25, 0.3) is 0 Å². The van der Waals surface area contributed by atoms with Crippen LogP contribution in [0.4, 0.5) is 0 Å². The van der Waals surface area contributed by atoms with Crippen molar-refractivity contribution < 1.29 is 14.3 Å². The Morgan fingerprint density at radius 3 is 2.84 bits per heavy atom. The van der Waals surface area contributed by atoms with Crippen LogP contribution < -0.4 is 20.1 Å². The molecule has 0 fully saturated rings. The standard InChI is InChI=1S/C13H17BrN2O3/c1-2-16-13(17)3-4-15-7-9-5-11-12(6-10(9)14)19-8-18-11/h5-6,15H,2-4,7-8H2,1H3,(H,16,17). The van der Waals surface area contributed by atoms with Gasteiger partial charge in [0, 0.05) is 30.5 Å². The van der Waals surface area contributed by atoms with E-state index in [2.05, 4.69) is 26.6 Å². The molecular formula is C13H17BrN2O3. The van der Waals surface area contributed by atoms with Crippen molar-refractivity contribution in [1.29, 1.82) is 0 Å². The van der Waals surface area contributed by atoms with Crippen LogP contribution in [0.2, 0.25) is 0 Å². The second-order valence-electron chi connectivity index (χ2n) is 4.18. The first-order chi connectivity index (χ1) is 9.20. The van der Waals surface area contributed by atoms with E-state index in [0.717, 1.165) is 21.5 Å². The van der Waals surface area contributed by atoms with Crippen molar-refractivity contribution >= 4 is 21.8 Å². The molecule has 0 bridgehead atoms. The lowest BCUT2D eigenvalue weighted by molar-refractivity contribution is -0.120. The Kier molecular flexibility index (Phi) is 5.04. The second kappa shape index (κ2) is 6.77. The van der Waals surface area contributed by atoms with Gasteiger partial charge in [-0.05, 0) is 24.6 Å². The van der Waals surface area contributed by atoms with Crippen LogP contribution in [-0.2, 0) is 11.3 Å². The SMILES string of the molecule is CCNC(=O)CCNCc1cc2c(cc1Br)OCO2. The van der Waals surface area contributed by atoms with Gasteiger partial charge in [0.15, 0.2) is 11.5 Å². The summed E-state index contributed by atoms with van der Waals surface area (Å²) >= 11 is 3.50. The molecule has 1 aromatic rings. The van der Waals surface area contributed by atoms with Gasteiger partial charge in [0.05, 0.1) is 0 Å². The molecule has 0 radical (unpaired) electrons. The highest BCUT2D eigenvalue weighted by molar-refractivity contribution is 9.10. The Balaban J connectivity index is 1.82. The highest BCUT2D eigenvalue weighted by atomic mass is 79.9. The number of ether oxygens (including phenoxy) is 2. The van der Waals surface area contributed by atoms with Crippen molar-refractivity contribution in [2.75, 3.05) is 19.9 Å². The molecule has 0 aromatic heterocycles. The first-order valence-corrected chi connectivity index (χ1v) is 7.05. The third-order valence-electron chi connectivity index (χ3n) is 2.76. The predicted octanol–water partition coefficient (Wildman–Crippen LogP) is 1.79. The minimum absolute atomic E-state index is 0.0692. The fourth-order valence-corrected chi connectivity index (χ4v) is 2.27. The summed E-state index contributed by atoms with van der Waals surface area (Å²) in [5.41, 5.74) is 1.08. The van der Waals surface area contributed by atoms with Crippen molar-refractivity contribution in [3.05, 3.63) is 22.2 Å². The zero-order chi connectivity index (χ0) is 13.7. The van der Waals surface area contributed by atoms with Crippen molar-refractivity contribution in [3.63, 3.8) is 0 Å². The lowest BCUT2D eigenvalue weighted by Gasteiger charge is -2.08. The molecule has 1 aliphatic heterocycles. The van der Waals surface area contributed by atoms with E-state index in [4.69, 9.17) is 9.47 Å². The summed E-state index contributed by atoms with van der Waals surface area (Å²) in [5, 5.41) is 6.00. The van der Waals surface area contributed by atoms with Crippen molar-refractivity contribution in [2.45, 2.75) is 19.9 Å². The van der Waals surface area contributed by atoms with E-state index in [1.54, 1.807) is 0 Å². The van der Waals surface area contributed by atoms with E-state index in [0.29, 0.717) is 26.1 Å². The molecule has 104 valence electrons. The summed E-state index contributed by atoms with van der Waals surface area (Å²) < 4.78 is 11.6. The number of carbonyl (C=O) groups is 1. The summed E-state index contributed by atoms with van der Waals surface area (Å²) in [7, 11) is 0. The number of benzene rings is 1. The maximum Gasteiger partial charge on any atom is 0.231 e. The van der Waals surface area contributed by atoms with Crippen LogP contribution >= 0.6 is 15.9 Å². The molecule has 1 amide bonds. The Labute approximate surface area is 120 Å². The molecule has 0 saturated carbocycles. The van der Waals surface area contributed by atoms with Crippen LogP contribution in [-0.4, -0.2) is 25.8 Å². The summed E-state index contributed by atoms with van der Waals surface area (Å²) in [6.07, 6.45) is 0.482. The van der Waals surface area contributed by atoms with Gasteiger partial charge in [-0.25, -0.2) is 0 Å². The number of amides is 1. The van der Waals surface area contributed by atoms with Gasteiger partial charge < -0.3 is 20.1 Å². The van der Waals surface area contributed by atoms with E-state index in [1.807, 2.05) is 19.1 Å². The Bertz CT molecular complexity index is 465. The van der Waals surface area contributed by atoms with Crippen LogP contribution in [0, 0.1) is 0 Å². The average Bonchev–Trinajstić information content (AvgIpc) is 2.82. The molecule has 0 atom stereocenters. The molecule has 0 spiro atoms. The lowest BCUT2D eigenvalue weighted by atomic mass is 10.2. The molecular weight excluding hydrogens is 312 g/mol. The number of rotatable bonds is 6. The topological polar surface area (TPSA) is 59.6 Å². The largest absolute Gasteiger partial charge is 0.454 e. The fourth-order valence-electron chi connectivity index (χ4n) is 1.81. The summed E-state index contributed by atoms with van der Waals surface area (Å²) in [4.78, 5) is 11.3. The maximum atomic E-state index is 11.3. The van der Waals surface area contributed by atoms with Crippen molar-refractivity contribution in [1.82, 2.24) is 10.6 Å². The normalized spacial score (nSPS) is 12.5. The van der Waals surface area contributed by atoms with E-state index < -0.39 is 0 Å². The Morgan fingerprint density at radius 1 is 1.37 bits per heavy atom. The molecule has 0 aliphatic carbocycles. The third kappa shape index (κ3) is 3.84. The quantitative estimate of drug-likeness (QED) is 0.782. The van der Waals surface area contributed by atoms with E-state index in [9.17, 15) is 4.79 Å².